The van der Waals surface area contributed by atoms with Crippen LogP contribution in [0.3, 0.4) is 0 Å². The molecule has 176 valence electrons. The molecule has 0 saturated heterocycles. The molecule has 0 bridgehead atoms. The minimum atomic E-state index is 0.590. The third kappa shape index (κ3) is 10.9. The zero-order valence-corrected chi connectivity index (χ0v) is 19.8. The van der Waals surface area contributed by atoms with Crippen LogP contribution in [0.15, 0.2) is 94.5 Å². The van der Waals surface area contributed by atoms with E-state index in [0.29, 0.717) is 16.4 Å². The normalized spacial score (nSPS) is 13.9. The Labute approximate surface area is 202 Å². The highest BCUT2D eigenvalue weighted by molar-refractivity contribution is 6.33. The molecular weight excluding hydrogens is 434 g/mol. The van der Waals surface area contributed by atoms with Gasteiger partial charge in [0.1, 0.15) is 0 Å². The first-order chi connectivity index (χ1) is 16.1. The predicted molar refractivity (Wildman–Crippen MR) is 140 cm³/mol. The first-order valence-corrected chi connectivity index (χ1v) is 11.6. The fourth-order valence-electron chi connectivity index (χ4n) is 3.05. The quantitative estimate of drug-likeness (QED) is 0.0799. The molecule has 1 aromatic carbocycles. The van der Waals surface area contributed by atoms with Gasteiger partial charge >= 0.3 is 0 Å². The van der Waals surface area contributed by atoms with Crippen molar-refractivity contribution in [2.75, 3.05) is 6.54 Å². The summed E-state index contributed by atoms with van der Waals surface area (Å²) in [6, 6.07) is 7.44. The van der Waals surface area contributed by atoms with Gasteiger partial charge in [0.2, 0.25) is 0 Å². The highest BCUT2D eigenvalue weighted by Gasteiger charge is 2.02. The van der Waals surface area contributed by atoms with E-state index >= 15 is 0 Å². The van der Waals surface area contributed by atoms with Crippen molar-refractivity contribution in [2.24, 2.45) is 9.98 Å². The average molecular weight is 468 g/mol. The molecule has 0 aliphatic heterocycles. The summed E-state index contributed by atoms with van der Waals surface area (Å²) in [4.78, 5) is 8.89. The van der Waals surface area contributed by atoms with Crippen molar-refractivity contribution in [3.05, 3.63) is 89.5 Å². The minimum absolute atomic E-state index is 0.590. The first-order valence-electron chi connectivity index (χ1n) is 11.2. The summed E-state index contributed by atoms with van der Waals surface area (Å²) in [7, 11) is 0. The molecule has 0 heterocycles. The van der Waals surface area contributed by atoms with Gasteiger partial charge in [0.25, 0.3) is 0 Å². The van der Waals surface area contributed by atoms with Crippen LogP contribution >= 0.6 is 11.6 Å². The summed E-state index contributed by atoms with van der Waals surface area (Å²) in [5.41, 5.74) is 6.00. The number of allylic oxidation sites excluding steroid dienone is 5. The van der Waals surface area contributed by atoms with E-state index in [2.05, 4.69) is 57.5 Å². The second kappa shape index (κ2) is 15.7. The molecule has 0 radical (unpaired) electrons. The Morgan fingerprint density at radius 1 is 1.12 bits per heavy atom. The Morgan fingerprint density at radius 2 is 1.94 bits per heavy atom. The molecule has 0 amide bonds. The van der Waals surface area contributed by atoms with Gasteiger partial charge in [0, 0.05) is 41.6 Å². The molecular formula is C26H34ClN5O. The molecule has 33 heavy (non-hydrogen) atoms. The van der Waals surface area contributed by atoms with Crippen LogP contribution in [0, 0.1) is 0 Å². The van der Waals surface area contributed by atoms with Gasteiger partial charge in [-0.15, -0.1) is 0 Å². The molecule has 1 aliphatic carbocycles. The van der Waals surface area contributed by atoms with Crippen LogP contribution in [0.4, 0.5) is 5.69 Å². The summed E-state index contributed by atoms with van der Waals surface area (Å²) in [6.45, 7) is 8.68. The maximum Gasteiger partial charge on any atom is 0.0923 e. The monoisotopic (exact) mass is 467 g/mol. The smallest absolute Gasteiger partial charge is 0.0923 e. The molecule has 0 saturated carbocycles. The van der Waals surface area contributed by atoms with Crippen molar-refractivity contribution in [2.45, 2.75) is 44.9 Å². The van der Waals surface area contributed by atoms with Crippen molar-refractivity contribution in [3.8, 4) is 0 Å². The Hall–Kier alpha value is -3.09. The summed E-state index contributed by atoms with van der Waals surface area (Å²) >= 11 is 6.23. The van der Waals surface area contributed by atoms with Crippen LogP contribution in [0.25, 0.3) is 0 Å². The van der Waals surface area contributed by atoms with Crippen molar-refractivity contribution >= 4 is 29.8 Å². The van der Waals surface area contributed by atoms with Crippen LogP contribution in [0.5, 0.6) is 0 Å². The number of halogens is 1. The Bertz CT molecular complexity index is 930. The molecule has 4 N–H and O–H groups in total. The lowest BCUT2D eigenvalue weighted by atomic mass is 10.1. The van der Waals surface area contributed by atoms with Crippen LogP contribution in [0.2, 0.25) is 5.02 Å². The van der Waals surface area contributed by atoms with Gasteiger partial charge in [-0.05, 0) is 50.3 Å². The van der Waals surface area contributed by atoms with E-state index in [1.54, 1.807) is 18.8 Å². The van der Waals surface area contributed by atoms with Crippen molar-refractivity contribution < 1.29 is 5.21 Å². The second-order valence-electron chi connectivity index (χ2n) is 7.64. The number of hydroxylamine groups is 1. The predicted octanol–water partition coefficient (Wildman–Crippen LogP) is 6.32. The molecule has 0 aromatic heterocycles. The van der Waals surface area contributed by atoms with Crippen molar-refractivity contribution in [3.63, 3.8) is 0 Å². The number of unbranched alkanes of at least 4 members (excludes halogenated alkanes) is 3. The molecule has 2 rings (SSSR count). The van der Waals surface area contributed by atoms with Gasteiger partial charge in [-0.1, -0.05) is 61.9 Å². The van der Waals surface area contributed by atoms with E-state index < -0.39 is 0 Å². The molecule has 1 aliphatic rings. The minimum Gasteiger partial charge on any atom is -0.385 e. The third-order valence-electron chi connectivity index (χ3n) is 4.96. The average Bonchev–Trinajstić information content (AvgIpc) is 2.84. The Balaban J connectivity index is 1.91. The van der Waals surface area contributed by atoms with Gasteiger partial charge in [0.05, 0.1) is 17.0 Å². The second-order valence-corrected chi connectivity index (χ2v) is 8.05. The fraction of sp³-hybridized carbons (Fsp3) is 0.308. The van der Waals surface area contributed by atoms with Gasteiger partial charge < -0.3 is 10.6 Å². The third-order valence-corrected chi connectivity index (χ3v) is 5.28. The van der Waals surface area contributed by atoms with Crippen LogP contribution < -0.4 is 16.1 Å². The molecule has 0 unspecified atom stereocenters. The number of benzene rings is 1. The molecule has 6 nitrogen and oxygen atoms in total. The zero-order chi connectivity index (χ0) is 23.7. The van der Waals surface area contributed by atoms with Gasteiger partial charge in [-0.25, -0.2) is 4.99 Å². The van der Waals surface area contributed by atoms with E-state index in [0.717, 1.165) is 68.5 Å². The first kappa shape index (κ1) is 26.2. The van der Waals surface area contributed by atoms with Gasteiger partial charge in [0.15, 0.2) is 0 Å². The molecule has 0 atom stereocenters. The highest BCUT2D eigenvalue weighted by Crippen LogP contribution is 2.23. The summed E-state index contributed by atoms with van der Waals surface area (Å²) in [5.74, 6) is 0. The lowest BCUT2D eigenvalue weighted by molar-refractivity contribution is 0.196. The van der Waals surface area contributed by atoms with Crippen molar-refractivity contribution in [1.82, 2.24) is 16.1 Å². The lowest BCUT2D eigenvalue weighted by Gasteiger charge is -2.10. The molecule has 7 heteroatoms. The number of hydrogen-bond donors (Lipinski definition) is 4. The lowest BCUT2D eigenvalue weighted by Crippen LogP contribution is -2.16. The summed E-state index contributed by atoms with van der Waals surface area (Å²) in [6.07, 6.45) is 18.5. The fourth-order valence-corrected chi connectivity index (χ4v) is 3.23. The number of aliphatic imine (C=N–C) groups is 2. The summed E-state index contributed by atoms with van der Waals surface area (Å²) in [5, 5.41) is 15.9. The van der Waals surface area contributed by atoms with E-state index in [1.807, 2.05) is 24.3 Å². The molecule has 1 aromatic rings. The Morgan fingerprint density at radius 3 is 2.70 bits per heavy atom. The van der Waals surface area contributed by atoms with Crippen LogP contribution in [0.1, 0.15) is 44.9 Å². The SMILES string of the molecule is C=C(CCCCCCNC(=C)C(/C=N\c1ccccc1Cl)=C/N=C/NC1=CCCC=C1)NO. The highest BCUT2D eigenvalue weighted by atomic mass is 35.5. The van der Waals surface area contributed by atoms with E-state index in [-0.39, 0.29) is 0 Å². The number of rotatable bonds is 15. The number of hydrogen-bond acceptors (Lipinski definition) is 5. The number of nitrogens with one attached hydrogen (secondary N) is 3. The topological polar surface area (TPSA) is 81.0 Å². The maximum absolute atomic E-state index is 8.75. The summed E-state index contributed by atoms with van der Waals surface area (Å²) < 4.78 is 0. The molecule has 0 spiro atoms. The van der Waals surface area contributed by atoms with Gasteiger partial charge in [-0.3, -0.25) is 15.7 Å². The largest absolute Gasteiger partial charge is 0.385 e. The molecule has 0 fully saturated rings. The van der Waals surface area contributed by atoms with E-state index in [4.69, 9.17) is 16.8 Å². The van der Waals surface area contributed by atoms with Crippen molar-refractivity contribution in [1.29, 1.82) is 0 Å². The maximum atomic E-state index is 8.75. The van der Waals surface area contributed by atoms with Gasteiger partial charge in [-0.2, -0.15) is 0 Å². The zero-order valence-electron chi connectivity index (χ0n) is 19.1. The Kier molecular flexibility index (Phi) is 12.4. The van der Waals surface area contributed by atoms with Crippen LogP contribution in [-0.4, -0.2) is 24.3 Å². The number of para-hydroxylation sites is 1. The van der Waals surface area contributed by atoms with E-state index in [1.165, 1.54) is 0 Å². The number of nitrogens with zero attached hydrogens (tertiary/aromatic N) is 2. The van der Waals surface area contributed by atoms with Crippen LogP contribution in [-0.2, 0) is 0 Å². The standard InChI is InChI=1S/C26H34ClN5O/c1-21(32-33)12-6-3-4-11-17-29-22(2)23(19-30-26-16-10-9-15-25(26)27)18-28-20-31-24-13-7-5-8-14-24/h7,9-10,13-16,18-20,29,32-33H,1-6,8,11-12,17H2,(H,28,31)/b23-18+,30-19-. The van der Waals surface area contributed by atoms with E-state index in [9.17, 15) is 0 Å².